The SMILES string of the molecule is Cc1c(C(F)(F)C(=O)NC(C)c2cccc(C#N)n2)c(=O)[nH]c2ccc(F)c(F)c12. The minimum Gasteiger partial charge on any atom is -0.342 e. The molecule has 0 aliphatic carbocycles. The highest BCUT2D eigenvalue weighted by molar-refractivity contribution is 5.89. The summed E-state index contributed by atoms with van der Waals surface area (Å²) >= 11 is 0. The Morgan fingerprint density at radius 1 is 1.27 bits per heavy atom. The molecule has 2 N–H and O–H groups in total. The van der Waals surface area contributed by atoms with Gasteiger partial charge < -0.3 is 10.3 Å². The van der Waals surface area contributed by atoms with E-state index in [1.807, 2.05) is 5.32 Å². The van der Waals surface area contributed by atoms with E-state index in [0.717, 1.165) is 19.1 Å². The number of amides is 1. The lowest BCUT2D eigenvalue weighted by molar-refractivity contribution is -0.148. The third-order valence-corrected chi connectivity index (χ3v) is 4.60. The quantitative estimate of drug-likeness (QED) is 0.635. The second kappa shape index (κ2) is 7.59. The predicted molar refractivity (Wildman–Crippen MR) is 98.6 cm³/mol. The number of aromatic nitrogens is 2. The van der Waals surface area contributed by atoms with E-state index in [9.17, 15) is 27.2 Å². The molecule has 0 fully saturated rings. The van der Waals surface area contributed by atoms with Crippen molar-refractivity contribution in [2.75, 3.05) is 0 Å². The van der Waals surface area contributed by atoms with E-state index in [4.69, 9.17) is 5.26 Å². The monoisotopic (exact) mass is 418 g/mol. The number of alkyl halides is 2. The number of rotatable bonds is 4. The maximum Gasteiger partial charge on any atom is 0.355 e. The standard InChI is InChI=1S/C20H14F4N4O2/c1-9-15-14(7-6-12(21)17(15)22)28-18(29)16(9)20(23,24)19(30)26-10(2)13-5-3-4-11(8-25)27-13/h3-7,10H,1-2H3,(H,26,30)(H,28,29). The number of H-pyrrole nitrogens is 1. The van der Waals surface area contributed by atoms with Crippen LogP contribution in [0.3, 0.4) is 0 Å². The van der Waals surface area contributed by atoms with Gasteiger partial charge in [-0.25, -0.2) is 13.8 Å². The fraction of sp³-hybridized carbons (Fsp3) is 0.200. The third kappa shape index (κ3) is 3.50. The van der Waals surface area contributed by atoms with Gasteiger partial charge in [0, 0.05) is 5.39 Å². The van der Waals surface area contributed by atoms with E-state index < -0.39 is 51.6 Å². The molecule has 1 atom stereocenters. The minimum absolute atomic E-state index is 0.0275. The number of carbonyl (C=O) groups excluding carboxylic acids is 1. The zero-order valence-corrected chi connectivity index (χ0v) is 15.7. The third-order valence-electron chi connectivity index (χ3n) is 4.60. The van der Waals surface area contributed by atoms with Crippen LogP contribution in [0.15, 0.2) is 35.1 Å². The van der Waals surface area contributed by atoms with Crippen LogP contribution in [-0.2, 0) is 10.7 Å². The summed E-state index contributed by atoms with van der Waals surface area (Å²) in [6.07, 6.45) is 0. The van der Waals surface area contributed by atoms with Crippen LogP contribution in [0.4, 0.5) is 17.6 Å². The van der Waals surface area contributed by atoms with Crippen LogP contribution in [-0.4, -0.2) is 15.9 Å². The van der Waals surface area contributed by atoms with Gasteiger partial charge in [0.25, 0.3) is 11.5 Å². The van der Waals surface area contributed by atoms with Gasteiger partial charge in [-0.15, -0.1) is 0 Å². The molecule has 2 aromatic heterocycles. The van der Waals surface area contributed by atoms with Gasteiger partial charge >= 0.3 is 5.92 Å². The molecule has 1 amide bonds. The van der Waals surface area contributed by atoms with Crippen molar-refractivity contribution in [3.63, 3.8) is 0 Å². The molecule has 154 valence electrons. The van der Waals surface area contributed by atoms with Crippen molar-refractivity contribution in [2.45, 2.75) is 25.8 Å². The lowest BCUT2D eigenvalue weighted by Gasteiger charge is -2.21. The molecular formula is C20H14F4N4O2. The number of halogens is 4. The maximum absolute atomic E-state index is 14.9. The zero-order chi connectivity index (χ0) is 22.2. The van der Waals surface area contributed by atoms with Crippen molar-refractivity contribution in [3.8, 4) is 6.07 Å². The molecule has 1 aromatic carbocycles. The van der Waals surface area contributed by atoms with Crippen molar-refractivity contribution >= 4 is 16.8 Å². The molecule has 0 bridgehead atoms. The first-order valence-corrected chi connectivity index (χ1v) is 8.64. The van der Waals surface area contributed by atoms with Crippen molar-refractivity contribution in [3.05, 3.63) is 74.8 Å². The molecule has 0 spiro atoms. The van der Waals surface area contributed by atoms with E-state index in [1.165, 1.54) is 25.1 Å². The highest BCUT2D eigenvalue weighted by atomic mass is 19.3. The van der Waals surface area contributed by atoms with Crippen LogP contribution >= 0.6 is 0 Å². The summed E-state index contributed by atoms with van der Waals surface area (Å²) in [6, 6.07) is 6.86. The normalized spacial score (nSPS) is 12.4. The number of nitrogens with zero attached hydrogens (tertiary/aromatic N) is 2. The highest BCUT2D eigenvalue weighted by Crippen LogP contribution is 2.33. The van der Waals surface area contributed by atoms with E-state index in [2.05, 4.69) is 9.97 Å². The largest absolute Gasteiger partial charge is 0.355 e. The fourth-order valence-electron chi connectivity index (χ4n) is 3.11. The van der Waals surface area contributed by atoms with Gasteiger partial charge in [-0.1, -0.05) is 6.07 Å². The second-order valence-corrected chi connectivity index (χ2v) is 6.57. The average molecular weight is 418 g/mol. The Kier molecular flexibility index (Phi) is 5.31. The highest BCUT2D eigenvalue weighted by Gasteiger charge is 2.45. The number of pyridine rings is 2. The Morgan fingerprint density at radius 2 is 1.97 bits per heavy atom. The summed E-state index contributed by atoms with van der Waals surface area (Å²) in [5.41, 5.74) is -3.15. The minimum atomic E-state index is -4.36. The van der Waals surface area contributed by atoms with Crippen LogP contribution in [0.1, 0.15) is 35.5 Å². The topological polar surface area (TPSA) is 98.6 Å². The number of aryl methyl sites for hydroxylation is 1. The number of hydrogen-bond acceptors (Lipinski definition) is 4. The van der Waals surface area contributed by atoms with Crippen molar-refractivity contribution < 1.29 is 22.4 Å². The Labute approximate surface area is 167 Å². The number of nitriles is 1. The first-order valence-electron chi connectivity index (χ1n) is 8.64. The van der Waals surface area contributed by atoms with Crippen LogP contribution in [0.25, 0.3) is 10.9 Å². The van der Waals surface area contributed by atoms with Crippen LogP contribution in [0.2, 0.25) is 0 Å². The Morgan fingerprint density at radius 3 is 2.63 bits per heavy atom. The summed E-state index contributed by atoms with van der Waals surface area (Å²) in [4.78, 5) is 30.6. The number of nitrogens with one attached hydrogen (secondary N) is 2. The van der Waals surface area contributed by atoms with Crippen molar-refractivity contribution in [1.82, 2.24) is 15.3 Å². The zero-order valence-electron chi connectivity index (χ0n) is 15.7. The van der Waals surface area contributed by atoms with Crippen LogP contribution < -0.4 is 10.9 Å². The summed E-state index contributed by atoms with van der Waals surface area (Å²) < 4.78 is 57.6. The predicted octanol–water partition coefficient (Wildman–Crippen LogP) is 3.35. The first kappa shape index (κ1) is 21.0. The number of benzene rings is 1. The van der Waals surface area contributed by atoms with Gasteiger partial charge in [-0.3, -0.25) is 9.59 Å². The van der Waals surface area contributed by atoms with Gasteiger partial charge in [0.05, 0.1) is 22.8 Å². The summed E-state index contributed by atoms with van der Waals surface area (Å²) in [5, 5.41) is 10.4. The molecule has 0 aliphatic heterocycles. The van der Waals surface area contributed by atoms with E-state index in [-0.39, 0.29) is 16.9 Å². The van der Waals surface area contributed by atoms with Gasteiger partial charge in [0.2, 0.25) is 0 Å². The molecule has 6 nitrogen and oxygen atoms in total. The van der Waals surface area contributed by atoms with E-state index in [0.29, 0.717) is 0 Å². The van der Waals surface area contributed by atoms with Gasteiger partial charge in [-0.05, 0) is 43.7 Å². The van der Waals surface area contributed by atoms with Crippen molar-refractivity contribution in [2.24, 2.45) is 0 Å². The summed E-state index contributed by atoms with van der Waals surface area (Å²) in [5.74, 6) is -8.88. The van der Waals surface area contributed by atoms with Gasteiger partial charge in [0.15, 0.2) is 11.6 Å². The van der Waals surface area contributed by atoms with Gasteiger partial charge in [-0.2, -0.15) is 14.0 Å². The maximum atomic E-state index is 14.9. The van der Waals surface area contributed by atoms with Crippen LogP contribution in [0, 0.1) is 29.9 Å². The molecule has 10 heteroatoms. The second-order valence-electron chi connectivity index (χ2n) is 6.57. The first-order chi connectivity index (χ1) is 14.1. The van der Waals surface area contributed by atoms with E-state index in [1.54, 1.807) is 6.07 Å². The molecule has 1 unspecified atom stereocenters. The molecule has 30 heavy (non-hydrogen) atoms. The Balaban J connectivity index is 2.03. The summed E-state index contributed by atoms with van der Waals surface area (Å²) in [7, 11) is 0. The van der Waals surface area contributed by atoms with E-state index >= 15 is 0 Å². The smallest absolute Gasteiger partial charge is 0.342 e. The number of carbonyl (C=O) groups is 1. The summed E-state index contributed by atoms with van der Waals surface area (Å²) in [6.45, 7) is 2.38. The lowest BCUT2D eigenvalue weighted by atomic mass is 9.98. The molecule has 2 heterocycles. The lowest BCUT2D eigenvalue weighted by Crippen LogP contribution is -2.43. The van der Waals surface area contributed by atoms with Crippen LogP contribution in [0.5, 0.6) is 0 Å². The molecule has 3 aromatic rings. The Hall–Kier alpha value is -3.74. The van der Waals surface area contributed by atoms with Crippen molar-refractivity contribution in [1.29, 1.82) is 5.26 Å². The van der Waals surface area contributed by atoms with Gasteiger partial charge in [0.1, 0.15) is 11.8 Å². The fourth-order valence-corrected chi connectivity index (χ4v) is 3.11. The molecule has 0 saturated heterocycles. The number of aromatic amines is 1. The molecule has 0 radical (unpaired) electrons. The molecular weight excluding hydrogens is 404 g/mol. The number of hydrogen-bond donors (Lipinski definition) is 2. The Bertz CT molecular complexity index is 1260. The molecule has 0 saturated carbocycles. The molecule has 0 aliphatic rings. The molecule has 3 rings (SSSR count). The average Bonchev–Trinajstić information content (AvgIpc) is 2.70. The number of fused-ring (bicyclic) bond motifs is 1.